The van der Waals surface area contributed by atoms with Crippen LogP contribution in [-0.4, -0.2) is 18.1 Å². The molecule has 0 aromatic carbocycles. The van der Waals surface area contributed by atoms with Crippen molar-refractivity contribution in [1.29, 1.82) is 0 Å². The van der Waals surface area contributed by atoms with Crippen LogP contribution in [-0.2, 0) is 4.74 Å². The van der Waals surface area contributed by atoms with E-state index in [-0.39, 0.29) is 0 Å². The van der Waals surface area contributed by atoms with Crippen molar-refractivity contribution in [2.75, 3.05) is 6.61 Å². The van der Waals surface area contributed by atoms with Gasteiger partial charge in [0.05, 0.1) is 6.10 Å². The molecule has 1 aliphatic carbocycles. The summed E-state index contributed by atoms with van der Waals surface area (Å²) in [6.07, 6.45) is 10.8. The minimum Gasteiger partial charge on any atom is -0.378 e. The van der Waals surface area contributed by atoms with Crippen molar-refractivity contribution in [3.63, 3.8) is 0 Å². The number of halogens is 1. The van der Waals surface area contributed by atoms with E-state index in [4.69, 9.17) is 16.3 Å². The van der Waals surface area contributed by atoms with E-state index < -0.39 is 0 Å². The van der Waals surface area contributed by atoms with Gasteiger partial charge in [-0.25, -0.2) is 0 Å². The first-order chi connectivity index (χ1) is 7.18. The normalized spacial score (nSPS) is 41.2. The fraction of sp³-hybridized carbons (Fsp3) is 1.00. The minimum absolute atomic E-state index is 0.442. The van der Waals surface area contributed by atoms with Gasteiger partial charge in [-0.2, -0.15) is 0 Å². The molecule has 1 heterocycles. The standard InChI is InChI=1S/C13H23ClO/c1-13(8-6-11(14)10-13)7-2-4-12-5-3-9-15-12/h11-12H,2-10H2,1H3. The van der Waals surface area contributed by atoms with Gasteiger partial charge in [-0.3, -0.25) is 0 Å². The van der Waals surface area contributed by atoms with Gasteiger partial charge in [-0.05, 0) is 50.4 Å². The molecule has 0 bridgehead atoms. The van der Waals surface area contributed by atoms with Crippen LogP contribution in [0.3, 0.4) is 0 Å². The third-order valence-corrected chi connectivity index (χ3v) is 4.48. The van der Waals surface area contributed by atoms with E-state index in [1.165, 1.54) is 51.4 Å². The predicted molar refractivity (Wildman–Crippen MR) is 64.4 cm³/mol. The van der Waals surface area contributed by atoms with Crippen LogP contribution >= 0.6 is 11.6 Å². The molecule has 0 N–H and O–H groups in total. The summed E-state index contributed by atoms with van der Waals surface area (Å²) in [5.74, 6) is 0. The second kappa shape index (κ2) is 5.05. The number of alkyl halides is 1. The van der Waals surface area contributed by atoms with Gasteiger partial charge in [-0.1, -0.05) is 13.3 Å². The molecule has 2 rings (SSSR count). The zero-order valence-corrected chi connectivity index (χ0v) is 10.6. The number of hydrogen-bond acceptors (Lipinski definition) is 1. The Kier molecular flexibility index (Phi) is 3.95. The molecule has 1 nitrogen and oxygen atoms in total. The molecule has 1 aliphatic heterocycles. The highest BCUT2D eigenvalue weighted by molar-refractivity contribution is 6.20. The van der Waals surface area contributed by atoms with Crippen LogP contribution in [0.1, 0.15) is 58.3 Å². The van der Waals surface area contributed by atoms with E-state index in [1.807, 2.05) is 0 Å². The Labute approximate surface area is 98.5 Å². The maximum absolute atomic E-state index is 6.18. The van der Waals surface area contributed by atoms with Crippen LogP contribution in [0.2, 0.25) is 0 Å². The Morgan fingerprint density at radius 2 is 2.27 bits per heavy atom. The van der Waals surface area contributed by atoms with Crippen molar-refractivity contribution in [3.05, 3.63) is 0 Å². The van der Waals surface area contributed by atoms with E-state index in [2.05, 4.69) is 6.92 Å². The van der Waals surface area contributed by atoms with E-state index >= 15 is 0 Å². The smallest absolute Gasteiger partial charge is 0.0576 e. The van der Waals surface area contributed by atoms with Crippen molar-refractivity contribution < 1.29 is 4.74 Å². The zero-order valence-electron chi connectivity index (χ0n) is 9.80. The molecule has 0 aromatic rings. The molecule has 2 aliphatic rings. The van der Waals surface area contributed by atoms with Crippen molar-refractivity contribution in [2.24, 2.45) is 5.41 Å². The molecule has 0 aromatic heterocycles. The maximum Gasteiger partial charge on any atom is 0.0576 e. The Bertz CT molecular complexity index is 201. The Morgan fingerprint density at radius 3 is 2.87 bits per heavy atom. The fourth-order valence-electron chi connectivity index (χ4n) is 3.10. The van der Waals surface area contributed by atoms with Gasteiger partial charge in [0, 0.05) is 12.0 Å². The van der Waals surface area contributed by atoms with Gasteiger partial charge < -0.3 is 4.74 Å². The molecule has 0 radical (unpaired) electrons. The lowest BCUT2D eigenvalue weighted by atomic mass is 9.83. The van der Waals surface area contributed by atoms with Gasteiger partial charge in [-0.15, -0.1) is 11.6 Å². The number of rotatable bonds is 4. The SMILES string of the molecule is CC1(CCCC2CCCO2)CCC(Cl)C1. The highest BCUT2D eigenvalue weighted by Gasteiger charge is 2.33. The van der Waals surface area contributed by atoms with E-state index in [0.717, 1.165) is 6.61 Å². The summed E-state index contributed by atoms with van der Waals surface area (Å²) in [6, 6.07) is 0. The maximum atomic E-state index is 6.18. The Morgan fingerprint density at radius 1 is 1.40 bits per heavy atom. The summed E-state index contributed by atoms with van der Waals surface area (Å²) >= 11 is 6.18. The molecule has 3 atom stereocenters. The van der Waals surface area contributed by atoms with E-state index in [1.54, 1.807) is 0 Å². The molecule has 2 fully saturated rings. The topological polar surface area (TPSA) is 9.23 Å². The number of hydrogen-bond donors (Lipinski definition) is 0. The molecular formula is C13H23ClO. The van der Waals surface area contributed by atoms with Crippen LogP contribution in [0.5, 0.6) is 0 Å². The van der Waals surface area contributed by atoms with E-state index in [9.17, 15) is 0 Å². The van der Waals surface area contributed by atoms with Crippen molar-refractivity contribution >= 4 is 11.6 Å². The highest BCUT2D eigenvalue weighted by Crippen LogP contribution is 2.44. The molecule has 2 heteroatoms. The molecule has 88 valence electrons. The summed E-state index contributed by atoms with van der Waals surface area (Å²) in [5.41, 5.74) is 0.533. The average molecular weight is 231 g/mol. The second-order valence-corrected chi connectivity index (χ2v) is 6.30. The lowest BCUT2D eigenvalue weighted by Gasteiger charge is -2.24. The highest BCUT2D eigenvalue weighted by atomic mass is 35.5. The van der Waals surface area contributed by atoms with Gasteiger partial charge in [0.15, 0.2) is 0 Å². The monoisotopic (exact) mass is 230 g/mol. The first-order valence-corrected chi connectivity index (χ1v) is 6.87. The quantitative estimate of drug-likeness (QED) is 0.660. The largest absolute Gasteiger partial charge is 0.378 e. The average Bonchev–Trinajstić information content (AvgIpc) is 2.77. The summed E-state index contributed by atoms with van der Waals surface area (Å²) in [6.45, 7) is 3.40. The minimum atomic E-state index is 0.442. The van der Waals surface area contributed by atoms with Crippen molar-refractivity contribution in [3.8, 4) is 0 Å². The Hall–Kier alpha value is 0.250. The number of ether oxygens (including phenoxy) is 1. The van der Waals surface area contributed by atoms with Crippen molar-refractivity contribution in [1.82, 2.24) is 0 Å². The molecule has 3 unspecified atom stereocenters. The molecule has 0 amide bonds. The zero-order chi connectivity index (χ0) is 10.7. The van der Waals surface area contributed by atoms with Gasteiger partial charge in [0.1, 0.15) is 0 Å². The van der Waals surface area contributed by atoms with Gasteiger partial charge in [0.2, 0.25) is 0 Å². The lowest BCUT2D eigenvalue weighted by molar-refractivity contribution is 0.0982. The van der Waals surface area contributed by atoms with Crippen LogP contribution in [0.4, 0.5) is 0 Å². The fourth-order valence-corrected chi connectivity index (χ4v) is 3.58. The Balaban J connectivity index is 1.64. The van der Waals surface area contributed by atoms with Crippen LogP contribution in [0, 0.1) is 5.41 Å². The third kappa shape index (κ3) is 3.35. The summed E-state index contributed by atoms with van der Waals surface area (Å²) in [4.78, 5) is 0. The van der Waals surface area contributed by atoms with Crippen LogP contribution < -0.4 is 0 Å². The predicted octanol–water partition coefficient (Wildman–Crippen LogP) is 4.13. The molecule has 15 heavy (non-hydrogen) atoms. The third-order valence-electron chi connectivity index (χ3n) is 4.11. The molecule has 1 saturated carbocycles. The van der Waals surface area contributed by atoms with Gasteiger partial charge >= 0.3 is 0 Å². The molecule has 0 spiro atoms. The summed E-state index contributed by atoms with van der Waals surface area (Å²) < 4.78 is 5.65. The lowest BCUT2D eigenvalue weighted by Crippen LogP contribution is -2.13. The summed E-state index contributed by atoms with van der Waals surface area (Å²) in [7, 11) is 0. The van der Waals surface area contributed by atoms with Crippen LogP contribution in [0.25, 0.3) is 0 Å². The first-order valence-electron chi connectivity index (χ1n) is 6.44. The van der Waals surface area contributed by atoms with Crippen LogP contribution in [0.15, 0.2) is 0 Å². The molecule has 1 saturated heterocycles. The second-order valence-electron chi connectivity index (χ2n) is 5.68. The molecular weight excluding hydrogens is 208 g/mol. The van der Waals surface area contributed by atoms with Gasteiger partial charge in [0.25, 0.3) is 0 Å². The van der Waals surface area contributed by atoms with E-state index in [0.29, 0.717) is 16.9 Å². The summed E-state index contributed by atoms with van der Waals surface area (Å²) in [5, 5.41) is 0.442. The first kappa shape index (κ1) is 11.7. The van der Waals surface area contributed by atoms with Crippen molar-refractivity contribution in [2.45, 2.75) is 69.8 Å².